The molecule has 0 aliphatic heterocycles. The summed E-state index contributed by atoms with van der Waals surface area (Å²) in [5.74, 6) is 0. The van der Waals surface area contributed by atoms with E-state index in [1.165, 1.54) is 0 Å². The second-order valence-corrected chi connectivity index (χ2v) is 4.14. The summed E-state index contributed by atoms with van der Waals surface area (Å²) in [7, 11) is 0. The van der Waals surface area contributed by atoms with Gasteiger partial charge in [0.25, 0.3) is 0 Å². The van der Waals surface area contributed by atoms with Gasteiger partial charge < -0.3 is 0 Å². The topological polar surface area (TPSA) is 43.6 Å². The van der Waals surface area contributed by atoms with Crippen LogP contribution in [0, 0.1) is 6.92 Å². The molecule has 3 rings (SSSR count). The molecule has 0 N–H and O–H groups in total. The average molecular weight is 245 g/mol. The summed E-state index contributed by atoms with van der Waals surface area (Å²) < 4.78 is 1.70. The molecule has 0 radical (unpaired) electrons. The van der Waals surface area contributed by atoms with Crippen LogP contribution in [0.3, 0.4) is 0 Å². The van der Waals surface area contributed by atoms with Crippen molar-refractivity contribution in [3.8, 4) is 5.69 Å². The molecule has 4 nitrogen and oxygen atoms in total. The number of nitrogens with zero attached hydrogens (tertiary/aromatic N) is 4. The Morgan fingerprint density at radius 2 is 2.06 bits per heavy atom. The molecule has 0 amide bonds. The maximum Gasteiger partial charge on any atom is 0.183 e. The second-order valence-electron chi connectivity index (χ2n) is 3.73. The molecular formula is C12H9ClN4. The monoisotopic (exact) mass is 244 g/mol. The van der Waals surface area contributed by atoms with Crippen LogP contribution in [0.25, 0.3) is 16.9 Å². The molecule has 0 saturated heterocycles. The van der Waals surface area contributed by atoms with Crippen molar-refractivity contribution in [1.82, 2.24) is 20.0 Å². The third-order valence-electron chi connectivity index (χ3n) is 2.68. The Bertz CT molecular complexity index is 690. The molecule has 17 heavy (non-hydrogen) atoms. The van der Waals surface area contributed by atoms with Crippen molar-refractivity contribution < 1.29 is 0 Å². The number of hydrogen-bond acceptors (Lipinski definition) is 3. The van der Waals surface area contributed by atoms with Gasteiger partial charge in [0.1, 0.15) is 5.52 Å². The largest absolute Gasteiger partial charge is 0.235 e. The van der Waals surface area contributed by atoms with E-state index in [2.05, 4.69) is 15.3 Å². The van der Waals surface area contributed by atoms with E-state index in [0.29, 0.717) is 5.02 Å². The van der Waals surface area contributed by atoms with Gasteiger partial charge in [0.15, 0.2) is 5.65 Å². The van der Waals surface area contributed by atoms with Crippen LogP contribution in [0.1, 0.15) is 5.56 Å². The highest BCUT2D eigenvalue weighted by molar-refractivity contribution is 6.31. The fourth-order valence-electron chi connectivity index (χ4n) is 1.75. The summed E-state index contributed by atoms with van der Waals surface area (Å²) in [6, 6.07) is 9.41. The fraction of sp³-hybridized carbons (Fsp3) is 0.0833. The lowest BCUT2D eigenvalue weighted by Gasteiger charge is -2.06. The zero-order chi connectivity index (χ0) is 11.8. The van der Waals surface area contributed by atoms with Crippen LogP contribution in [-0.2, 0) is 0 Å². The zero-order valence-corrected chi connectivity index (χ0v) is 9.89. The van der Waals surface area contributed by atoms with Gasteiger partial charge in [-0.2, -0.15) is 4.68 Å². The lowest BCUT2D eigenvalue weighted by atomic mass is 10.2. The van der Waals surface area contributed by atoms with E-state index >= 15 is 0 Å². The molecule has 0 saturated carbocycles. The van der Waals surface area contributed by atoms with Gasteiger partial charge in [-0.05, 0) is 36.8 Å². The quantitative estimate of drug-likeness (QED) is 0.661. The summed E-state index contributed by atoms with van der Waals surface area (Å²) in [5, 5.41) is 8.90. The Labute approximate surface area is 103 Å². The predicted molar refractivity (Wildman–Crippen MR) is 66.4 cm³/mol. The minimum atomic E-state index is 0.710. The van der Waals surface area contributed by atoms with Gasteiger partial charge in [0, 0.05) is 11.2 Å². The summed E-state index contributed by atoms with van der Waals surface area (Å²) in [4.78, 5) is 4.28. The molecule has 0 fully saturated rings. The van der Waals surface area contributed by atoms with Gasteiger partial charge in [-0.15, -0.1) is 5.10 Å². The summed E-state index contributed by atoms with van der Waals surface area (Å²) >= 11 is 6.10. The van der Waals surface area contributed by atoms with Crippen LogP contribution >= 0.6 is 11.6 Å². The second kappa shape index (κ2) is 3.82. The molecule has 0 spiro atoms. The highest BCUT2D eigenvalue weighted by atomic mass is 35.5. The molecule has 84 valence electrons. The van der Waals surface area contributed by atoms with E-state index in [9.17, 15) is 0 Å². The molecule has 0 atom stereocenters. The van der Waals surface area contributed by atoms with Crippen molar-refractivity contribution in [2.45, 2.75) is 6.92 Å². The Morgan fingerprint density at radius 1 is 1.18 bits per heavy atom. The Morgan fingerprint density at radius 3 is 2.94 bits per heavy atom. The Balaban J connectivity index is 2.31. The third kappa shape index (κ3) is 1.57. The van der Waals surface area contributed by atoms with Gasteiger partial charge in [0.2, 0.25) is 0 Å². The van der Waals surface area contributed by atoms with Crippen LogP contribution in [-0.4, -0.2) is 20.0 Å². The van der Waals surface area contributed by atoms with E-state index in [1.54, 1.807) is 10.9 Å². The van der Waals surface area contributed by atoms with Gasteiger partial charge in [-0.3, -0.25) is 0 Å². The molecule has 0 aliphatic rings. The molecule has 3 aromatic rings. The highest BCUT2D eigenvalue weighted by Gasteiger charge is 2.10. The van der Waals surface area contributed by atoms with Crippen LogP contribution in [0.5, 0.6) is 0 Å². The predicted octanol–water partition coefficient (Wildman–Crippen LogP) is 2.78. The van der Waals surface area contributed by atoms with Crippen LogP contribution in [0.15, 0.2) is 36.5 Å². The third-order valence-corrected chi connectivity index (χ3v) is 3.09. The average Bonchev–Trinajstić information content (AvgIpc) is 2.77. The Kier molecular flexibility index (Phi) is 2.30. The maximum absolute atomic E-state index is 6.10. The zero-order valence-electron chi connectivity index (χ0n) is 9.13. The van der Waals surface area contributed by atoms with Crippen molar-refractivity contribution in [2.75, 3.05) is 0 Å². The minimum Gasteiger partial charge on any atom is -0.235 e. The van der Waals surface area contributed by atoms with Crippen molar-refractivity contribution in [3.63, 3.8) is 0 Å². The first-order chi connectivity index (χ1) is 8.27. The van der Waals surface area contributed by atoms with Gasteiger partial charge in [-0.25, -0.2) is 4.98 Å². The first kappa shape index (κ1) is 10.2. The van der Waals surface area contributed by atoms with Crippen molar-refractivity contribution >= 4 is 22.8 Å². The summed E-state index contributed by atoms with van der Waals surface area (Å²) in [6.07, 6.45) is 1.72. The van der Waals surface area contributed by atoms with Crippen molar-refractivity contribution in [2.24, 2.45) is 0 Å². The first-order valence-electron chi connectivity index (χ1n) is 5.19. The smallest absolute Gasteiger partial charge is 0.183 e. The molecular weight excluding hydrogens is 236 g/mol. The molecule has 0 unspecified atom stereocenters. The van der Waals surface area contributed by atoms with E-state index < -0.39 is 0 Å². The molecule has 2 aromatic heterocycles. The number of hydrogen-bond donors (Lipinski definition) is 0. The van der Waals surface area contributed by atoms with Gasteiger partial charge in [-0.1, -0.05) is 22.9 Å². The van der Waals surface area contributed by atoms with E-state index in [4.69, 9.17) is 11.6 Å². The number of aromatic nitrogens is 4. The summed E-state index contributed by atoms with van der Waals surface area (Å²) in [6.45, 7) is 1.95. The lowest BCUT2D eigenvalue weighted by Crippen LogP contribution is -2.00. The van der Waals surface area contributed by atoms with Gasteiger partial charge in [0.05, 0.1) is 5.69 Å². The molecule has 5 heteroatoms. The SMILES string of the molecule is Cc1c(Cl)cccc1-n1nnc2cccnc21. The molecule has 0 aliphatic carbocycles. The van der Waals surface area contributed by atoms with Crippen molar-refractivity contribution in [3.05, 3.63) is 47.1 Å². The Hall–Kier alpha value is -1.94. The minimum absolute atomic E-state index is 0.710. The van der Waals surface area contributed by atoms with Crippen molar-refractivity contribution in [1.29, 1.82) is 0 Å². The molecule has 0 bridgehead atoms. The first-order valence-corrected chi connectivity index (χ1v) is 5.57. The molecule has 2 heterocycles. The lowest BCUT2D eigenvalue weighted by molar-refractivity contribution is 0.812. The fourth-order valence-corrected chi connectivity index (χ4v) is 1.92. The van der Waals surface area contributed by atoms with Crippen LogP contribution in [0.4, 0.5) is 0 Å². The number of benzene rings is 1. The number of pyridine rings is 1. The maximum atomic E-state index is 6.10. The number of rotatable bonds is 1. The van der Waals surface area contributed by atoms with E-state index in [1.807, 2.05) is 37.3 Å². The van der Waals surface area contributed by atoms with E-state index in [0.717, 1.165) is 22.4 Å². The number of halogens is 1. The molecule has 1 aromatic carbocycles. The standard InChI is InChI=1S/C12H9ClN4/c1-8-9(13)4-2-6-11(8)17-12-10(15-16-17)5-3-7-14-12/h2-7H,1H3. The van der Waals surface area contributed by atoms with Crippen LogP contribution < -0.4 is 0 Å². The van der Waals surface area contributed by atoms with Crippen LogP contribution in [0.2, 0.25) is 5.02 Å². The van der Waals surface area contributed by atoms with Gasteiger partial charge >= 0.3 is 0 Å². The summed E-state index contributed by atoms with van der Waals surface area (Å²) in [5.41, 5.74) is 3.37. The highest BCUT2D eigenvalue weighted by Crippen LogP contribution is 2.23. The van der Waals surface area contributed by atoms with E-state index in [-0.39, 0.29) is 0 Å². The normalized spacial score (nSPS) is 10.9. The number of fused-ring (bicyclic) bond motifs is 1.